The molecule has 3 nitrogen and oxygen atoms in total. The van der Waals surface area contributed by atoms with E-state index in [1.807, 2.05) is 13.0 Å². The molecule has 0 bridgehead atoms. The number of rotatable bonds is 2. The van der Waals surface area contributed by atoms with Crippen LogP contribution in [0.1, 0.15) is 11.3 Å². The third-order valence-electron chi connectivity index (χ3n) is 2.29. The standard InChI is InChI=1S/C10H11ClN2OS/c1-7-8(3-4-11)9(14)13-5-2-6-15-10(13)12-7/h2,5H,3-4,6H2,1H3. The second-order valence-electron chi connectivity index (χ2n) is 3.27. The van der Waals surface area contributed by atoms with Gasteiger partial charge in [-0.25, -0.2) is 4.98 Å². The fourth-order valence-electron chi connectivity index (χ4n) is 1.54. The van der Waals surface area contributed by atoms with E-state index in [1.54, 1.807) is 22.5 Å². The van der Waals surface area contributed by atoms with Gasteiger partial charge in [-0.1, -0.05) is 17.8 Å². The molecule has 0 spiro atoms. The van der Waals surface area contributed by atoms with Crippen molar-refractivity contribution in [1.82, 2.24) is 9.55 Å². The summed E-state index contributed by atoms with van der Waals surface area (Å²) in [7, 11) is 0. The van der Waals surface area contributed by atoms with Crippen LogP contribution in [0.15, 0.2) is 16.0 Å². The zero-order valence-corrected chi connectivity index (χ0v) is 9.94. The summed E-state index contributed by atoms with van der Waals surface area (Å²) in [6, 6.07) is 0. The van der Waals surface area contributed by atoms with E-state index < -0.39 is 0 Å². The van der Waals surface area contributed by atoms with Crippen molar-refractivity contribution >= 4 is 29.6 Å². The van der Waals surface area contributed by atoms with Crippen LogP contribution in [0.4, 0.5) is 0 Å². The predicted octanol–water partition coefficient (Wildman–Crippen LogP) is 1.91. The second-order valence-corrected chi connectivity index (χ2v) is 4.63. The normalized spacial score (nSPS) is 14.0. The van der Waals surface area contributed by atoms with E-state index in [4.69, 9.17) is 11.6 Å². The van der Waals surface area contributed by atoms with Crippen molar-refractivity contribution in [3.63, 3.8) is 0 Å². The Morgan fingerprint density at radius 1 is 1.67 bits per heavy atom. The molecule has 0 aliphatic carbocycles. The van der Waals surface area contributed by atoms with Crippen molar-refractivity contribution in [1.29, 1.82) is 0 Å². The third-order valence-corrected chi connectivity index (χ3v) is 3.39. The van der Waals surface area contributed by atoms with Gasteiger partial charge in [0.15, 0.2) is 5.16 Å². The predicted molar refractivity (Wildman–Crippen MR) is 63.7 cm³/mol. The number of aromatic nitrogens is 2. The van der Waals surface area contributed by atoms with Crippen LogP contribution in [-0.4, -0.2) is 21.2 Å². The minimum atomic E-state index is 0.0154. The molecule has 1 aliphatic rings. The highest BCUT2D eigenvalue weighted by Gasteiger charge is 2.14. The monoisotopic (exact) mass is 242 g/mol. The molecule has 0 fully saturated rings. The molecule has 1 aliphatic heterocycles. The molecule has 0 unspecified atom stereocenters. The van der Waals surface area contributed by atoms with Gasteiger partial charge in [-0.05, 0) is 13.3 Å². The van der Waals surface area contributed by atoms with E-state index in [0.717, 1.165) is 22.2 Å². The largest absolute Gasteiger partial charge is 0.269 e. The minimum absolute atomic E-state index is 0.0154. The SMILES string of the molecule is Cc1nc2n(c(=O)c1CCCl)C=CCS2. The first kappa shape index (κ1) is 10.8. The summed E-state index contributed by atoms with van der Waals surface area (Å²) in [4.78, 5) is 16.4. The Labute approximate surface area is 97.2 Å². The molecule has 80 valence electrons. The summed E-state index contributed by atoms with van der Waals surface area (Å²) >= 11 is 7.24. The Hall–Kier alpha value is -0.740. The summed E-state index contributed by atoms with van der Waals surface area (Å²) in [5, 5.41) is 0.776. The lowest BCUT2D eigenvalue weighted by Crippen LogP contribution is -2.26. The summed E-state index contributed by atoms with van der Waals surface area (Å²) < 4.78 is 1.60. The van der Waals surface area contributed by atoms with Crippen molar-refractivity contribution < 1.29 is 0 Å². The second kappa shape index (κ2) is 4.41. The molecule has 5 heteroatoms. The lowest BCUT2D eigenvalue weighted by atomic mass is 10.2. The molecular weight excluding hydrogens is 232 g/mol. The van der Waals surface area contributed by atoms with Crippen LogP contribution in [0.2, 0.25) is 0 Å². The smallest absolute Gasteiger partial charge is 0.261 e. The molecule has 0 saturated heterocycles. The van der Waals surface area contributed by atoms with Crippen molar-refractivity contribution in [2.24, 2.45) is 0 Å². The number of hydrogen-bond acceptors (Lipinski definition) is 3. The summed E-state index contributed by atoms with van der Waals surface area (Å²) in [5.41, 5.74) is 1.54. The highest BCUT2D eigenvalue weighted by Crippen LogP contribution is 2.19. The maximum atomic E-state index is 12.0. The molecular formula is C10H11ClN2OS. The highest BCUT2D eigenvalue weighted by atomic mass is 35.5. The molecule has 0 N–H and O–H groups in total. The number of aryl methyl sites for hydroxylation is 1. The van der Waals surface area contributed by atoms with Gasteiger partial charge in [0, 0.05) is 29.1 Å². The Kier molecular flexibility index (Phi) is 3.17. The van der Waals surface area contributed by atoms with Gasteiger partial charge >= 0.3 is 0 Å². The maximum absolute atomic E-state index is 12.0. The Morgan fingerprint density at radius 3 is 3.20 bits per heavy atom. The van der Waals surface area contributed by atoms with Gasteiger partial charge in [-0.15, -0.1) is 11.6 Å². The van der Waals surface area contributed by atoms with Gasteiger partial charge in [-0.2, -0.15) is 0 Å². The molecule has 2 heterocycles. The molecule has 0 amide bonds. The summed E-state index contributed by atoms with van der Waals surface area (Å²) in [5.74, 6) is 1.33. The zero-order valence-electron chi connectivity index (χ0n) is 8.36. The molecule has 0 aromatic carbocycles. The maximum Gasteiger partial charge on any atom is 0.261 e. The van der Waals surface area contributed by atoms with Crippen LogP contribution >= 0.6 is 23.4 Å². The Balaban J connectivity index is 2.61. The minimum Gasteiger partial charge on any atom is -0.269 e. The number of hydrogen-bond donors (Lipinski definition) is 0. The Morgan fingerprint density at radius 2 is 2.47 bits per heavy atom. The lowest BCUT2D eigenvalue weighted by molar-refractivity contribution is 0.781. The summed E-state index contributed by atoms with van der Waals surface area (Å²) in [6.45, 7) is 1.86. The van der Waals surface area contributed by atoms with Gasteiger partial charge in [0.25, 0.3) is 5.56 Å². The van der Waals surface area contributed by atoms with Gasteiger partial charge in [0.2, 0.25) is 0 Å². The number of fused-ring (bicyclic) bond motifs is 1. The van der Waals surface area contributed by atoms with E-state index in [9.17, 15) is 4.79 Å². The van der Waals surface area contributed by atoms with E-state index in [0.29, 0.717) is 12.3 Å². The van der Waals surface area contributed by atoms with E-state index in [-0.39, 0.29) is 5.56 Å². The van der Waals surface area contributed by atoms with E-state index in [1.165, 1.54) is 0 Å². The summed E-state index contributed by atoms with van der Waals surface area (Å²) in [6.07, 6.45) is 4.33. The van der Waals surface area contributed by atoms with Gasteiger partial charge in [0.1, 0.15) is 0 Å². The first-order valence-corrected chi connectivity index (χ1v) is 6.23. The number of thioether (sulfide) groups is 1. The molecule has 2 rings (SSSR count). The molecule has 1 aromatic heterocycles. The van der Waals surface area contributed by atoms with Crippen LogP contribution in [0.25, 0.3) is 6.20 Å². The van der Waals surface area contributed by atoms with Gasteiger partial charge < -0.3 is 0 Å². The number of nitrogens with zero attached hydrogens (tertiary/aromatic N) is 2. The van der Waals surface area contributed by atoms with Gasteiger partial charge in [0.05, 0.1) is 0 Å². The average Bonchev–Trinajstić information content (AvgIpc) is 2.24. The molecule has 0 saturated carbocycles. The third kappa shape index (κ3) is 1.96. The number of halogens is 1. The fourth-order valence-corrected chi connectivity index (χ4v) is 2.54. The van der Waals surface area contributed by atoms with Crippen LogP contribution in [0.3, 0.4) is 0 Å². The first-order chi connectivity index (χ1) is 7.24. The van der Waals surface area contributed by atoms with Gasteiger partial charge in [-0.3, -0.25) is 9.36 Å². The molecule has 0 atom stereocenters. The zero-order chi connectivity index (χ0) is 10.8. The van der Waals surface area contributed by atoms with Crippen LogP contribution in [0, 0.1) is 6.92 Å². The highest BCUT2D eigenvalue weighted by molar-refractivity contribution is 7.99. The van der Waals surface area contributed by atoms with E-state index in [2.05, 4.69) is 4.98 Å². The van der Waals surface area contributed by atoms with Crippen molar-refractivity contribution in [2.45, 2.75) is 18.5 Å². The van der Waals surface area contributed by atoms with Crippen LogP contribution < -0.4 is 5.56 Å². The fraction of sp³-hybridized carbons (Fsp3) is 0.400. The quantitative estimate of drug-likeness (QED) is 0.587. The first-order valence-electron chi connectivity index (χ1n) is 4.71. The Bertz CT molecular complexity index is 467. The topological polar surface area (TPSA) is 34.9 Å². The van der Waals surface area contributed by atoms with Crippen molar-refractivity contribution in [3.05, 3.63) is 27.7 Å². The lowest BCUT2D eigenvalue weighted by Gasteiger charge is -2.13. The average molecular weight is 243 g/mol. The van der Waals surface area contributed by atoms with Crippen molar-refractivity contribution in [3.8, 4) is 0 Å². The molecule has 0 radical (unpaired) electrons. The molecule has 1 aromatic rings. The number of alkyl halides is 1. The van der Waals surface area contributed by atoms with Crippen LogP contribution in [-0.2, 0) is 6.42 Å². The van der Waals surface area contributed by atoms with Crippen molar-refractivity contribution in [2.75, 3.05) is 11.6 Å². The molecule has 15 heavy (non-hydrogen) atoms. The van der Waals surface area contributed by atoms with Crippen LogP contribution in [0.5, 0.6) is 0 Å². The van der Waals surface area contributed by atoms with E-state index >= 15 is 0 Å².